The number of alkyl halides is 2. The van der Waals surface area contributed by atoms with Crippen LogP contribution in [0.2, 0.25) is 0 Å². The Morgan fingerprint density at radius 3 is 2.50 bits per heavy atom. The van der Waals surface area contributed by atoms with Gasteiger partial charge in [0.15, 0.2) is 5.82 Å². The molecule has 6 heteroatoms. The van der Waals surface area contributed by atoms with Crippen LogP contribution in [0.15, 0.2) is 10.7 Å². The highest BCUT2D eigenvalue weighted by Crippen LogP contribution is 2.30. The van der Waals surface area contributed by atoms with E-state index in [1.165, 1.54) is 0 Å². The van der Waals surface area contributed by atoms with E-state index in [0.717, 1.165) is 6.20 Å². The predicted molar refractivity (Wildman–Crippen MR) is 49.6 cm³/mol. The van der Waals surface area contributed by atoms with E-state index in [4.69, 9.17) is 0 Å². The molecule has 0 saturated carbocycles. The van der Waals surface area contributed by atoms with Crippen molar-refractivity contribution in [2.45, 2.75) is 6.43 Å². The lowest BCUT2D eigenvalue weighted by atomic mass is 10.3. The van der Waals surface area contributed by atoms with Crippen molar-refractivity contribution in [3.8, 4) is 0 Å². The quantitative estimate of drug-likeness (QED) is 0.557. The van der Waals surface area contributed by atoms with E-state index in [0.29, 0.717) is 0 Å². The van der Waals surface area contributed by atoms with Crippen LogP contribution >= 0.6 is 38.5 Å². The van der Waals surface area contributed by atoms with Gasteiger partial charge in [-0.2, -0.15) is 0 Å². The second-order valence-corrected chi connectivity index (χ2v) is 3.80. The highest BCUT2D eigenvalue weighted by Gasteiger charge is 2.19. The Balaban J connectivity index is 3.33. The van der Waals surface area contributed by atoms with Crippen LogP contribution in [0.4, 0.5) is 13.2 Å². The minimum Gasteiger partial charge on any atom is -0.246 e. The number of hydrogen-bond donors (Lipinski definition) is 0. The van der Waals surface area contributed by atoms with Gasteiger partial charge in [-0.25, -0.2) is 18.2 Å². The highest BCUT2D eigenvalue weighted by atomic mass is 127. The molecule has 66 valence electrons. The van der Waals surface area contributed by atoms with Gasteiger partial charge in [0.05, 0.1) is 5.56 Å². The molecular formula is C6H2BrF3IN. The molecule has 0 saturated heterocycles. The molecule has 1 aromatic rings. The first-order valence-corrected chi connectivity index (χ1v) is 4.68. The molecule has 1 nitrogen and oxygen atoms in total. The molecule has 0 unspecified atom stereocenters. The number of halogens is 5. The maximum Gasteiger partial charge on any atom is 0.267 e. The molecule has 0 radical (unpaired) electrons. The molecule has 0 bridgehead atoms. The van der Waals surface area contributed by atoms with E-state index in [2.05, 4.69) is 20.9 Å². The number of pyridine rings is 1. The minimum absolute atomic E-state index is 0.00424. The van der Waals surface area contributed by atoms with E-state index in [9.17, 15) is 13.2 Å². The molecular weight excluding hydrogens is 350 g/mol. The summed E-state index contributed by atoms with van der Waals surface area (Å²) < 4.78 is 37.2. The standard InChI is InChI=1S/C6H2BrF3IN/c7-2-1-12-6(11)4(8)3(2)5(9)10/h1,5H. The van der Waals surface area contributed by atoms with Crippen molar-refractivity contribution in [2.75, 3.05) is 0 Å². The largest absolute Gasteiger partial charge is 0.267 e. The van der Waals surface area contributed by atoms with E-state index >= 15 is 0 Å². The molecule has 0 aliphatic rings. The Hall–Kier alpha value is 0.150. The van der Waals surface area contributed by atoms with Crippen LogP contribution in [0.3, 0.4) is 0 Å². The molecule has 0 amide bonds. The fourth-order valence-corrected chi connectivity index (χ4v) is 1.53. The lowest BCUT2D eigenvalue weighted by Gasteiger charge is -2.04. The second kappa shape index (κ2) is 3.91. The van der Waals surface area contributed by atoms with Gasteiger partial charge in [-0.3, -0.25) is 0 Å². The summed E-state index contributed by atoms with van der Waals surface area (Å²) in [6, 6.07) is 0. The molecule has 0 spiro atoms. The summed E-state index contributed by atoms with van der Waals surface area (Å²) in [6.45, 7) is 0. The molecule has 0 aromatic carbocycles. The topological polar surface area (TPSA) is 12.9 Å². The van der Waals surface area contributed by atoms with Gasteiger partial charge in [0.2, 0.25) is 0 Å². The van der Waals surface area contributed by atoms with Crippen LogP contribution in [-0.2, 0) is 0 Å². The fraction of sp³-hybridized carbons (Fsp3) is 0.167. The number of nitrogens with zero attached hydrogens (tertiary/aromatic N) is 1. The van der Waals surface area contributed by atoms with E-state index in [1.807, 2.05) is 0 Å². The van der Waals surface area contributed by atoms with Crippen LogP contribution in [0, 0.1) is 9.52 Å². The van der Waals surface area contributed by atoms with Crippen molar-refractivity contribution >= 4 is 38.5 Å². The third-order valence-corrected chi connectivity index (χ3v) is 2.57. The van der Waals surface area contributed by atoms with Gasteiger partial charge < -0.3 is 0 Å². The van der Waals surface area contributed by atoms with Gasteiger partial charge in [0.1, 0.15) is 3.70 Å². The van der Waals surface area contributed by atoms with Gasteiger partial charge in [0.25, 0.3) is 6.43 Å². The number of rotatable bonds is 1. The molecule has 0 aliphatic carbocycles. The molecule has 0 fully saturated rings. The minimum atomic E-state index is -2.82. The van der Waals surface area contributed by atoms with Crippen molar-refractivity contribution in [1.29, 1.82) is 0 Å². The van der Waals surface area contributed by atoms with Gasteiger partial charge in [0, 0.05) is 10.7 Å². The zero-order valence-corrected chi connectivity index (χ0v) is 9.24. The molecule has 0 N–H and O–H groups in total. The molecule has 0 atom stereocenters. The number of aromatic nitrogens is 1. The smallest absolute Gasteiger partial charge is 0.246 e. The molecule has 12 heavy (non-hydrogen) atoms. The number of hydrogen-bond acceptors (Lipinski definition) is 1. The summed E-state index contributed by atoms with van der Waals surface area (Å²) in [5, 5.41) is 0. The molecule has 0 aliphatic heterocycles. The van der Waals surface area contributed by atoms with Crippen molar-refractivity contribution in [3.63, 3.8) is 0 Å². The molecule has 1 heterocycles. The maximum absolute atomic E-state index is 12.9. The lowest BCUT2D eigenvalue weighted by Crippen LogP contribution is -1.97. The summed E-state index contributed by atoms with van der Waals surface area (Å²) in [4.78, 5) is 3.55. The first kappa shape index (κ1) is 10.2. The fourth-order valence-electron chi connectivity index (χ4n) is 0.656. The second-order valence-electron chi connectivity index (χ2n) is 1.93. The average Bonchev–Trinajstić information content (AvgIpc) is 1.97. The summed E-state index contributed by atoms with van der Waals surface area (Å²) in [6.07, 6.45) is -1.66. The van der Waals surface area contributed by atoms with Crippen LogP contribution in [0.5, 0.6) is 0 Å². The third-order valence-electron chi connectivity index (χ3n) is 1.18. The van der Waals surface area contributed by atoms with Crippen LogP contribution in [0.25, 0.3) is 0 Å². The van der Waals surface area contributed by atoms with Crippen molar-refractivity contribution in [1.82, 2.24) is 4.98 Å². The maximum atomic E-state index is 12.9. The Bertz CT molecular complexity index is 305. The normalized spacial score (nSPS) is 10.8. The van der Waals surface area contributed by atoms with Crippen LogP contribution in [0.1, 0.15) is 12.0 Å². The first-order valence-electron chi connectivity index (χ1n) is 2.81. The van der Waals surface area contributed by atoms with Gasteiger partial charge >= 0.3 is 0 Å². The zero-order valence-electron chi connectivity index (χ0n) is 5.49. The summed E-state index contributed by atoms with van der Waals surface area (Å²) >= 11 is 4.36. The first-order chi connectivity index (χ1) is 5.54. The average molecular weight is 352 g/mol. The SMILES string of the molecule is Fc1c(I)ncc(Br)c1C(F)F. The summed E-state index contributed by atoms with van der Waals surface area (Å²) in [5.74, 6) is -0.958. The van der Waals surface area contributed by atoms with E-state index in [1.54, 1.807) is 22.6 Å². The Morgan fingerprint density at radius 1 is 1.50 bits per heavy atom. The monoisotopic (exact) mass is 351 g/mol. The predicted octanol–water partition coefficient (Wildman–Crippen LogP) is 3.53. The van der Waals surface area contributed by atoms with Crippen molar-refractivity contribution in [2.24, 2.45) is 0 Å². The Morgan fingerprint density at radius 2 is 2.08 bits per heavy atom. The molecule has 1 rings (SSSR count). The van der Waals surface area contributed by atoms with Gasteiger partial charge in [-0.15, -0.1) is 0 Å². The third kappa shape index (κ3) is 1.90. The van der Waals surface area contributed by atoms with Crippen LogP contribution < -0.4 is 0 Å². The van der Waals surface area contributed by atoms with Gasteiger partial charge in [-0.1, -0.05) is 0 Å². The zero-order chi connectivity index (χ0) is 9.30. The van der Waals surface area contributed by atoms with Crippen molar-refractivity contribution < 1.29 is 13.2 Å². The lowest BCUT2D eigenvalue weighted by molar-refractivity contribution is 0.145. The van der Waals surface area contributed by atoms with Gasteiger partial charge in [-0.05, 0) is 38.5 Å². The van der Waals surface area contributed by atoms with Crippen molar-refractivity contribution in [3.05, 3.63) is 25.8 Å². The Kier molecular flexibility index (Phi) is 3.33. The molecule has 1 aromatic heterocycles. The highest BCUT2D eigenvalue weighted by molar-refractivity contribution is 14.1. The van der Waals surface area contributed by atoms with E-state index in [-0.39, 0.29) is 8.17 Å². The van der Waals surface area contributed by atoms with E-state index < -0.39 is 17.8 Å². The summed E-state index contributed by atoms with van der Waals surface area (Å²) in [5.41, 5.74) is -0.630. The Labute approximate surface area is 88.6 Å². The summed E-state index contributed by atoms with van der Waals surface area (Å²) in [7, 11) is 0. The van der Waals surface area contributed by atoms with Crippen LogP contribution in [-0.4, -0.2) is 4.98 Å².